The van der Waals surface area contributed by atoms with Gasteiger partial charge < -0.3 is 10.1 Å². The van der Waals surface area contributed by atoms with Gasteiger partial charge in [0.25, 0.3) is 11.5 Å². The molecule has 0 saturated carbocycles. The van der Waals surface area contributed by atoms with Crippen LogP contribution in [0.2, 0.25) is 0 Å². The summed E-state index contributed by atoms with van der Waals surface area (Å²) in [7, 11) is 1.64. The number of nitrogens with one attached hydrogen (secondary N) is 1. The van der Waals surface area contributed by atoms with Crippen molar-refractivity contribution in [1.82, 2.24) is 14.3 Å². The van der Waals surface area contributed by atoms with Gasteiger partial charge in [0.15, 0.2) is 0 Å². The number of ether oxygens (including phenoxy) is 1. The van der Waals surface area contributed by atoms with Gasteiger partial charge in [0.1, 0.15) is 15.8 Å². The Bertz CT molecular complexity index is 1020. The van der Waals surface area contributed by atoms with Crippen molar-refractivity contribution < 1.29 is 9.53 Å². The van der Waals surface area contributed by atoms with Crippen molar-refractivity contribution in [2.45, 2.75) is 20.3 Å². The maximum absolute atomic E-state index is 13.1. The van der Waals surface area contributed by atoms with Crippen molar-refractivity contribution in [2.75, 3.05) is 32.1 Å². The summed E-state index contributed by atoms with van der Waals surface area (Å²) < 4.78 is 7.06. The van der Waals surface area contributed by atoms with E-state index in [0.717, 1.165) is 6.42 Å². The zero-order chi connectivity index (χ0) is 21.0. The highest BCUT2D eigenvalue weighted by atomic mass is 32.2. The number of carbonyl (C=O) groups excluding carboxylic acids is 1. The number of amides is 1. The molecule has 1 aliphatic heterocycles. The van der Waals surface area contributed by atoms with Crippen LogP contribution in [0.4, 0.5) is 5.82 Å². The van der Waals surface area contributed by atoms with E-state index < -0.39 is 0 Å². The average Bonchev–Trinajstić information content (AvgIpc) is 2.95. The number of carbonyl (C=O) groups is 1. The molecule has 3 rings (SSSR count). The lowest BCUT2D eigenvalue weighted by Crippen LogP contribution is -2.31. The summed E-state index contributed by atoms with van der Waals surface area (Å²) in [6.45, 7) is 5.81. The summed E-state index contributed by atoms with van der Waals surface area (Å²) in [5, 5.41) is 3.21. The van der Waals surface area contributed by atoms with E-state index in [1.807, 2.05) is 19.9 Å². The molecule has 1 N–H and O–H groups in total. The quantitative estimate of drug-likeness (QED) is 0.390. The van der Waals surface area contributed by atoms with Crippen LogP contribution < -0.4 is 10.9 Å². The molecule has 0 bridgehead atoms. The smallest absolute Gasteiger partial charge is 0.267 e. The first-order chi connectivity index (χ1) is 13.9. The van der Waals surface area contributed by atoms with Crippen LogP contribution in [-0.2, 0) is 9.53 Å². The number of anilines is 1. The molecule has 0 aromatic carbocycles. The molecule has 154 valence electrons. The maximum Gasteiger partial charge on any atom is 0.267 e. The van der Waals surface area contributed by atoms with Crippen molar-refractivity contribution >= 4 is 51.7 Å². The Kier molecular flexibility index (Phi) is 7.05. The van der Waals surface area contributed by atoms with Gasteiger partial charge in [-0.25, -0.2) is 4.98 Å². The number of thioether (sulfide) groups is 1. The lowest BCUT2D eigenvalue weighted by Gasteiger charge is -2.16. The Morgan fingerprint density at radius 2 is 2.14 bits per heavy atom. The Hall–Kier alpha value is -2.23. The van der Waals surface area contributed by atoms with Crippen molar-refractivity contribution in [1.29, 1.82) is 0 Å². The molecule has 1 fully saturated rings. The van der Waals surface area contributed by atoms with E-state index in [9.17, 15) is 9.59 Å². The van der Waals surface area contributed by atoms with Gasteiger partial charge in [-0.15, -0.1) is 0 Å². The van der Waals surface area contributed by atoms with Gasteiger partial charge in [-0.05, 0) is 30.5 Å². The van der Waals surface area contributed by atoms with Crippen LogP contribution in [0.15, 0.2) is 34.1 Å². The molecule has 0 spiro atoms. The second-order valence-electron chi connectivity index (χ2n) is 7.07. The summed E-state index contributed by atoms with van der Waals surface area (Å²) in [6.07, 6.45) is 4.04. The highest BCUT2D eigenvalue weighted by Crippen LogP contribution is 2.33. The third-order valence-electron chi connectivity index (χ3n) is 4.28. The molecule has 0 radical (unpaired) electrons. The van der Waals surface area contributed by atoms with E-state index in [2.05, 4.69) is 10.3 Å². The van der Waals surface area contributed by atoms with Gasteiger partial charge in [-0.3, -0.25) is 18.9 Å². The zero-order valence-electron chi connectivity index (χ0n) is 16.7. The Morgan fingerprint density at radius 3 is 2.86 bits per heavy atom. The molecule has 0 atom stereocenters. The maximum atomic E-state index is 13.1. The van der Waals surface area contributed by atoms with E-state index in [1.165, 1.54) is 16.2 Å². The van der Waals surface area contributed by atoms with Crippen LogP contribution in [-0.4, -0.2) is 51.3 Å². The normalized spacial score (nSPS) is 15.9. The van der Waals surface area contributed by atoms with Gasteiger partial charge in [-0.1, -0.05) is 43.9 Å². The fourth-order valence-electron chi connectivity index (χ4n) is 2.94. The Morgan fingerprint density at radius 1 is 1.34 bits per heavy atom. The topological polar surface area (TPSA) is 75.9 Å². The summed E-state index contributed by atoms with van der Waals surface area (Å²) in [6, 6.07) is 5.37. The first-order valence-corrected chi connectivity index (χ1v) is 10.6. The molecule has 0 aliphatic carbocycles. The van der Waals surface area contributed by atoms with Crippen molar-refractivity contribution in [3.63, 3.8) is 0 Å². The molecule has 2 aromatic rings. The minimum Gasteiger partial charge on any atom is -0.385 e. The Balaban J connectivity index is 2.01. The van der Waals surface area contributed by atoms with Crippen LogP contribution >= 0.6 is 24.0 Å². The van der Waals surface area contributed by atoms with Gasteiger partial charge in [-0.2, -0.15) is 0 Å². The van der Waals surface area contributed by atoms with E-state index in [-0.39, 0.29) is 11.5 Å². The molecule has 1 saturated heterocycles. The average molecular weight is 433 g/mol. The minimum absolute atomic E-state index is 0.170. The van der Waals surface area contributed by atoms with Crippen molar-refractivity contribution in [3.05, 3.63) is 45.2 Å². The van der Waals surface area contributed by atoms with E-state index in [1.54, 1.807) is 36.4 Å². The molecule has 1 aliphatic rings. The predicted octanol–water partition coefficient (Wildman–Crippen LogP) is 3.00. The van der Waals surface area contributed by atoms with Gasteiger partial charge >= 0.3 is 0 Å². The summed E-state index contributed by atoms with van der Waals surface area (Å²) in [5.41, 5.74) is 0.645. The van der Waals surface area contributed by atoms with Crippen LogP contribution in [0.3, 0.4) is 0 Å². The summed E-state index contributed by atoms with van der Waals surface area (Å²) in [5.74, 6) is 0.575. The molecular formula is C20H24N4O3S2. The molecule has 1 amide bonds. The van der Waals surface area contributed by atoms with E-state index in [0.29, 0.717) is 51.9 Å². The summed E-state index contributed by atoms with van der Waals surface area (Å²) >= 11 is 6.59. The molecule has 29 heavy (non-hydrogen) atoms. The fraction of sp³-hybridized carbons (Fsp3) is 0.400. The molecular weight excluding hydrogens is 408 g/mol. The lowest BCUT2D eigenvalue weighted by molar-refractivity contribution is -0.122. The molecule has 9 heteroatoms. The molecule has 7 nitrogen and oxygen atoms in total. The number of methoxy groups -OCH3 is 1. The highest BCUT2D eigenvalue weighted by molar-refractivity contribution is 8.26. The predicted molar refractivity (Wildman–Crippen MR) is 121 cm³/mol. The second kappa shape index (κ2) is 9.51. The van der Waals surface area contributed by atoms with Gasteiger partial charge in [0, 0.05) is 33.0 Å². The monoisotopic (exact) mass is 432 g/mol. The second-order valence-corrected chi connectivity index (χ2v) is 8.74. The van der Waals surface area contributed by atoms with Gasteiger partial charge in [0.05, 0.1) is 10.5 Å². The number of aromatic nitrogens is 2. The zero-order valence-corrected chi connectivity index (χ0v) is 18.3. The SMILES string of the molecule is COCCCNc1nc2ccccn2c(=O)c1/C=C1/SC(=S)N(CC(C)C)C1=O. The number of rotatable bonds is 8. The van der Waals surface area contributed by atoms with Crippen LogP contribution in [0.5, 0.6) is 0 Å². The lowest BCUT2D eigenvalue weighted by atomic mass is 10.2. The third-order valence-corrected chi connectivity index (χ3v) is 5.66. The number of thiocarbonyl (C=S) groups is 1. The van der Waals surface area contributed by atoms with Crippen LogP contribution in [0.25, 0.3) is 11.7 Å². The van der Waals surface area contributed by atoms with Crippen molar-refractivity contribution in [3.8, 4) is 0 Å². The number of nitrogens with zero attached hydrogens (tertiary/aromatic N) is 3. The van der Waals surface area contributed by atoms with Crippen molar-refractivity contribution in [2.24, 2.45) is 5.92 Å². The number of pyridine rings is 1. The molecule has 2 aromatic heterocycles. The number of hydrogen-bond donors (Lipinski definition) is 1. The standard InChI is InChI=1S/C20H24N4O3S2/c1-13(2)12-24-19(26)15(29-20(24)28)11-14-17(21-8-6-10-27-3)22-16-7-4-5-9-23(16)18(14)25/h4-5,7,9,11,13,21H,6,8,10,12H2,1-3H3/b15-11+. The minimum atomic E-state index is -0.237. The van der Waals surface area contributed by atoms with E-state index >= 15 is 0 Å². The Labute approximate surface area is 179 Å². The third kappa shape index (κ3) is 4.85. The number of fused-ring (bicyclic) bond motifs is 1. The number of hydrogen-bond acceptors (Lipinski definition) is 7. The first-order valence-electron chi connectivity index (χ1n) is 9.42. The largest absolute Gasteiger partial charge is 0.385 e. The van der Waals surface area contributed by atoms with Crippen LogP contribution in [0, 0.1) is 5.92 Å². The van der Waals surface area contributed by atoms with E-state index in [4.69, 9.17) is 17.0 Å². The van der Waals surface area contributed by atoms with Gasteiger partial charge in [0.2, 0.25) is 0 Å². The first kappa shape index (κ1) is 21.5. The fourth-order valence-corrected chi connectivity index (χ4v) is 4.20. The molecule has 3 heterocycles. The van der Waals surface area contributed by atoms with Crippen LogP contribution in [0.1, 0.15) is 25.8 Å². The summed E-state index contributed by atoms with van der Waals surface area (Å²) in [4.78, 5) is 32.6. The highest BCUT2D eigenvalue weighted by Gasteiger charge is 2.32. The molecule has 0 unspecified atom stereocenters.